The van der Waals surface area contributed by atoms with Gasteiger partial charge in [0.2, 0.25) is 0 Å². The maximum Gasteiger partial charge on any atom is 0.266 e. The molecule has 1 amide bonds. The van der Waals surface area contributed by atoms with Gasteiger partial charge in [-0.3, -0.25) is 9.69 Å². The van der Waals surface area contributed by atoms with Crippen LogP contribution in [-0.4, -0.2) is 28.8 Å². The van der Waals surface area contributed by atoms with E-state index in [9.17, 15) is 4.79 Å². The molecule has 1 aliphatic heterocycles. The summed E-state index contributed by atoms with van der Waals surface area (Å²) in [5, 5.41) is 0.684. The summed E-state index contributed by atoms with van der Waals surface area (Å²) in [5.74, 6) is 1.09. The minimum Gasteiger partial charge on any atom is -0.493 e. The molecule has 0 radical (unpaired) electrons. The van der Waals surface area contributed by atoms with Crippen LogP contribution in [-0.2, 0) is 11.4 Å². The number of rotatable bonds is 7. The van der Waals surface area contributed by atoms with Crippen molar-refractivity contribution < 1.29 is 14.3 Å². The van der Waals surface area contributed by atoms with Crippen molar-refractivity contribution in [3.05, 3.63) is 76.2 Å². The van der Waals surface area contributed by atoms with Crippen molar-refractivity contribution in [2.45, 2.75) is 6.61 Å². The number of thioether (sulfide) groups is 1. The van der Waals surface area contributed by atoms with Crippen LogP contribution in [0.4, 0.5) is 0 Å². The Morgan fingerprint density at radius 1 is 1.21 bits per heavy atom. The molecule has 7 heteroatoms. The largest absolute Gasteiger partial charge is 0.493 e. The molecule has 2 aromatic rings. The number of hydrogen-bond donors (Lipinski definition) is 0. The van der Waals surface area contributed by atoms with Crippen LogP contribution in [0, 0.1) is 0 Å². The molecule has 1 saturated heterocycles. The lowest BCUT2D eigenvalue weighted by Crippen LogP contribution is -2.27. The number of hydrogen-bond acceptors (Lipinski definition) is 5. The fourth-order valence-electron chi connectivity index (χ4n) is 2.57. The molecule has 1 fully saturated rings. The van der Waals surface area contributed by atoms with Crippen molar-refractivity contribution in [2.75, 3.05) is 13.7 Å². The zero-order valence-corrected chi connectivity index (χ0v) is 17.6. The summed E-state index contributed by atoms with van der Waals surface area (Å²) < 4.78 is 11.8. The van der Waals surface area contributed by atoms with Crippen molar-refractivity contribution in [1.29, 1.82) is 0 Å². The van der Waals surface area contributed by atoms with Crippen LogP contribution in [0.2, 0.25) is 5.02 Å². The smallest absolute Gasteiger partial charge is 0.266 e. The number of thiocarbonyl (C=S) groups is 1. The normalized spacial score (nSPS) is 15.2. The van der Waals surface area contributed by atoms with E-state index in [1.807, 2.05) is 42.5 Å². The summed E-state index contributed by atoms with van der Waals surface area (Å²) in [7, 11) is 1.58. The second kappa shape index (κ2) is 9.28. The number of carbonyl (C=O) groups is 1. The van der Waals surface area contributed by atoms with Crippen LogP contribution in [0.1, 0.15) is 11.1 Å². The molecule has 4 nitrogen and oxygen atoms in total. The average Bonchev–Trinajstić information content (AvgIpc) is 2.96. The molecule has 0 aromatic heterocycles. The van der Waals surface area contributed by atoms with Gasteiger partial charge in [-0.05, 0) is 41.5 Å². The quantitative estimate of drug-likeness (QED) is 0.337. The van der Waals surface area contributed by atoms with Gasteiger partial charge in [-0.1, -0.05) is 59.9 Å². The first-order valence-corrected chi connectivity index (χ1v) is 10.0. The number of halogens is 1. The predicted molar refractivity (Wildman–Crippen MR) is 119 cm³/mol. The second-order valence-corrected chi connectivity index (χ2v) is 8.02. The number of ether oxygens (including phenoxy) is 2. The van der Waals surface area contributed by atoms with Crippen LogP contribution in [0.3, 0.4) is 0 Å². The zero-order chi connectivity index (χ0) is 20.1. The van der Waals surface area contributed by atoms with Crippen molar-refractivity contribution >= 4 is 51.9 Å². The molecule has 2 aromatic carbocycles. The standard InChI is InChI=1S/C21H18ClNO3S2/c1-3-10-23-20(24)19(28-21(23)27)12-15-6-9-17(18(11-15)25-2)26-13-14-4-7-16(22)8-5-14/h3-9,11-12H,1,10,13H2,2H3/b19-12-. The Hall–Kier alpha value is -2.28. The van der Waals surface area contributed by atoms with E-state index in [2.05, 4.69) is 6.58 Å². The Morgan fingerprint density at radius 3 is 2.64 bits per heavy atom. The minimum absolute atomic E-state index is 0.114. The van der Waals surface area contributed by atoms with E-state index in [-0.39, 0.29) is 5.91 Å². The zero-order valence-electron chi connectivity index (χ0n) is 15.2. The molecule has 28 heavy (non-hydrogen) atoms. The van der Waals surface area contributed by atoms with Crippen molar-refractivity contribution in [3.63, 3.8) is 0 Å². The maximum atomic E-state index is 12.5. The van der Waals surface area contributed by atoms with Crippen LogP contribution in [0.25, 0.3) is 6.08 Å². The van der Waals surface area contributed by atoms with Gasteiger partial charge in [0.1, 0.15) is 10.9 Å². The van der Waals surface area contributed by atoms with E-state index in [0.717, 1.165) is 11.1 Å². The Balaban J connectivity index is 1.76. The summed E-state index contributed by atoms with van der Waals surface area (Å²) in [4.78, 5) is 14.6. The lowest BCUT2D eigenvalue weighted by Gasteiger charge is -2.12. The molecule has 0 bridgehead atoms. The van der Waals surface area contributed by atoms with Crippen LogP contribution < -0.4 is 9.47 Å². The van der Waals surface area contributed by atoms with Gasteiger partial charge in [0.05, 0.1) is 12.0 Å². The molecular formula is C21H18ClNO3S2. The van der Waals surface area contributed by atoms with Gasteiger partial charge < -0.3 is 9.47 Å². The third kappa shape index (κ3) is 4.76. The molecule has 1 heterocycles. The van der Waals surface area contributed by atoms with E-state index in [4.69, 9.17) is 33.3 Å². The minimum atomic E-state index is -0.114. The first-order valence-electron chi connectivity index (χ1n) is 8.43. The van der Waals surface area contributed by atoms with Crippen molar-refractivity contribution in [3.8, 4) is 11.5 Å². The number of carbonyl (C=O) groups excluding carboxylic acids is 1. The van der Waals surface area contributed by atoms with Gasteiger partial charge in [-0.25, -0.2) is 0 Å². The molecule has 0 atom stereocenters. The van der Waals surface area contributed by atoms with E-state index in [1.54, 1.807) is 19.3 Å². The monoisotopic (exact) mass is 431 g/mol. The Morgan fingerprint density at radius 2 is 1.96 bits per heavy atom. The molecule has 0 saturated carbocycles. The predicted octanol–water partition coefficient (Wildman–Crippen LogP) is 5.31. The first kappa shape index (κ1) is 20.5. The van der Waals surface area contributed by atoms with Crippen molar-refractivity contribution in [1.82, 2.24) is 4.90 Å². The molecule has 1 aliphatic rings. The molecule has 0 spiro atoms. The van der Waals surface area contributed by atoms with Gasteiger partial charge in [0, 0.05) is 11.6 Å². The Bertz CT molecular complexity index is 941. The summed E-state index contributed by atoms with van der Waals surface area (Å²) in [5.41, 5.74) is 1.83. The van der Waals surface area contributed by atoms with Crippen LogP contribution in [0.15, 0.2) is 60.0 Å². The van der Waals surface area contributed by atoms with E-state index in [0.29, 0.717) is 38.9 Å². The van der Waals surface area contributed by atoms with E-state index >= 15 is 0 Å². The SMILES string of the molecule is C=CCN1C(=O)/C(=C/c2ccc(OCc3ccc(Cl)cc3)c(OC)c2)SC1=S. The van der Waals surface area contributed by atoms with Gasteiger partial charge in [-0.15, -0.1) is 6.58 Å². The average molecular weight is 432 g/mol. The second-order valence-electron chi connectivity index (χ2n) is 5.91. The summed E-state index contributed by atoms with van der Waals surface area (Å²) >= 11 is 12.4. The highest BCUT2D eigenvalue weighted by molar-refractivity contribution is 8.26. The number of benzene rings is 2. The Labute approximate surface area is 178 Å². The molecule has 144 valence electrons. The summed E-state index contributed by atoms with van der Waals surface area (Å²) in [6.07, 6.45) is 3.46. The molecule has 0 aliphatic carbocycles. The number of nitrogens with zero attached hydrogens (tertiary/aromatic N) is 1. The number of methoxy groups -OCH3 is 1. The number of amides is 1. The molecule has 0 unspecified atom stereocenters. The third-order valence-electron chi connectivity index (χ3n) is 3.98. The first-order chi connectivity index (χ1) is 13.5. The van der Waals surface area contributed by atoms with Crippen LogP contribution >= 0.6 is 35.6 Å². The summed E-state index contributed by atoms with van der Waals surface area (Å²) in [6.45, 7) is 4.46. The third-order valence-corrected chi connectivity index (χ3v) is 5.61. The van der Waals surface area contributed by atoms with Gasteiger partial charge >= 0.3 is 0 Å². The van der Waals surface area contributed by atoms with Gasteiger partial charge in [0.25, 0.3) is 5.91 Å². The lowest BCUT2D eigenvalue weighted by atomic mass is 10.1. The fourth-order valence-corrected chi connectivity index (χ4v) is 3.97. The molecule has 3 rings (SSSR count). The van der Waals surface area contributed by atoms with E-state index < -0.39 is 0 Å². The highest BCUT2D eigenvalue weighted by atomic mass is 35.5. The Kier molecular flexibility index (Phi) is 6.78. The molecule has 0 N–H and O–H groups in total. The maximum absolute atomic E-state index is 12.5. The highest BCUT2D eigenvalue weighted by Gasteiger charge is 2.30. The van der Waals surface area contributed by atoms with Gasteiger partial charge in [-0.2, -0.15) is 0 Å². The fraction of sp³-hybridized carbons (Fsp3) is 0.143. The highest BCUT2D eigenvalue weighted by Crippen LogP contribution is 2.35. The van der Waals surface area contributed by atoms with Crippen molar-refractivity contribution in [2.24, 2.45) is 0 Å². The lowest BCUT2D eigenvalue weighted by molar-refractivity contribution is -0.121. The van der Waals surface area contributed by atoms with Crippen LogP contribution in [0.5, 0.6) is 11.5 Å². The summed E-state index contributed by atoms with van der Waals surface area (Å²) in [6, 6.07) is 13.0. The van der Waals surface area contributed by atoms with E-state index in [1.165, 1.54) is 16.7 Å². The molecular weight excluding hydrogens is 414 g/mol. The van der Waals surface area contributed by atoms with Gasteiger partial charge in [0.15, 0.2) is 11.5 Å². The topological polar surface area (TPSA) is 38.8 Å².